The number of fused-ring (bicyclic) bond motifs is 1. The Kier molecular flexibility index (Phi) is 3.70. The molecule has 0 bridgehead atoms. The van der Waals surface area contributed by atoms with Crippen molar-refractivity contribution in [2.75, 3.05) is 0 Å². The van der Waals surface area contributed by atoms with E-state index >= 15 is 0 Å². The molecule has 108 valence electrons. The number of para-hydroxylation sites is 1. The molecule has 0 aliphatic rings. The number of rotatable bonds is 4. The van der Waals surface area contributed by atoms with E-state index in [0.717, 1.165) is 0 Å². The van der Waals surface area contributed by atoms with Gasteiger partial charge in [-0.05, 0) is 12.1 Å². The molecule has 0 aliphatic heterocycles. The van der Waals surface area contributed by atoms with Crippen LogP contribution in [0.1, 0.15) is 17.5 Å². The normalized spacial score (nSPS) is 11.1. The predicted octanol–water partition coefficient (Wildman–Crippen LogP) is 2.07. The molecule has 21 heavy (non-hydrogen) atoms. The molecule has 0 saturated carbocycles. The molecular formula is C14H13ClN4O2. The Hall–Kier alpha value is -2.21. The molecular weight excluding hydrogens is 292 g/mol. The molecule has 0 spiro atoms. The summed E-state index contributed by atoms with van der Waals surface area (Å²) in [7, 11) is 0. The second kappa shape index (κ2) is 5.65. The van der Waals surface area contributed by atoms with Crippen molar-refractivity contribution in [1.82, 2.24) is 19.7 Å². The maximum Gasteiger partial charge on any atom is 0.261 e. The van der Waals surface area contributed by atoms with Gasteiger partial charge < -0.3 is 4.52 Å². The highest BCUT2D eigenvalue weighted by atomic mass is 35.5. The number of aromatic nitrogens is 4. The molecule has 0 atom stereocenters. The second-order valence-electron chi connectivity index (χ2n) is 4.62. The third-order valence-corrected chi connectivity index (χ3v) is 3.43. The number of aryl methyl sites for hydroxylation is 2. The standard InChI is InChI=1S/C14H13ClN4O2/c1-9-16-12(18-21-9)6-7-19-13(8-15)17-11-5-3-2-4-10(11)14(19)20/h2-5H,6-8H2,1H3. The van der Waals surface area contributed by atoms with Crippen LogP contribution in [0.5, 0.6) is 0 Å². The van der Waals surface area contributed by atoms with E-state index < -0.39 is 0 Å². The number of hydrogen-bond donors (Lipinski definition) is 0. The van der Waals surface area contributed by atoms with Crippen molar-refractivity contribution < 1.29 is 4.52 Å². The lowest BCUT2D eigenvalue weighted by Gasteiger charge is -2.10. The first-order valence-electron chi connectivity index (χ1n) is 6.52. The van der Waals surface area contributed by atoms with Crippen molar-refractivity contribution in [1.29, 1.82) is 0 Å². The van der Waals surface area contributed by atoms with Crippen molar-refractivity contribution in [3.63, 3.8) is 0 Å². The van der Waals surface area contributed by atoms with Crippen LogP contribution in [0.4, 0.5) is 0 Å². The molecule has 2 aromatic heterocycles. The van der Waals surface area contributed by atoms with Gasteiger partial charge in [-0.15, -0.1) is 11.6 Å². The van der Waals surface area contributed by atoms with Crippen molar-refractivity contribution in [2.24, 2.45) is 0 Å². The summed E-state index contributed by atoms with van der Waals surface area (Å²) in [6.45, 7) is 2.14. The maximum atomic E-state index is 12.5. The van der Waals surface area contributed by atoms with Gasteiger partial charge in [0.05, 0.1) is 16.8 Å². The second-order valence-corrected chi connectivity index (χ2v) is 4.88. The van der Waals surface area contributed by atoms with E-state index in [-0.39, 0.29) is 11.4 Å². The quantitative estimate of drug-likeness (QED) is 0.690. The summed E-state index contributed by atoms with van der Waals surface area (Å²) in [5.74, 6) is 1.78. The van der Waals surface area contributed by atoms with Crippen LogP contribution in [0.25, 0.3) is 10.9 Å². The summed E-state index contributed by atoms with van der Waals surface area (Å²) >= 11 is 5.92. The predicted molar refractivity (Wildman–Crippen MR) is 78.3 cm³/mol. The van der Waals surface area contributed by atoms with Gasteiger partial charge in [0, 0.05) is 19.9 Å². The smallest absolute Gasteiger partial charge is 0.261 e. The van der Waals surface area contributed by atoms with Crippen LogP contribution in [0, 0.1) is 6.92 Å². The fourth-order valence-electron chi connectivity index (χ4n) is 2.20. The Morgan fingerprint density at radius 1 is 1.29 bits per heavy atom. The van der Waals surface area contributed by atoms with Crippen molar-refractivity contribution >= 4 is 22.5 Å². The van der Waals surface area contributed by atoms with E-state index in [4.69, 9.17) is 16.1 Å². The Morgan fingerprint density at radius 2 is 2.10 bits per heavy atom. The lowest BCUT2D eigenvalue weighted by Crippen LogP contribution is -2.26. The van der Waals surface area contributed by atoms with Gasteiger partial charge in [0.25, 0.3) is 5.56 Å². The molecule has 0 unspecified atom stereocenters. The summed E-state index contributed by atoms with van der Waals surface area (Å²) < 4.78 is 6.49. The molecule has 3 aromatic rings. The van der Waals surface area contributed by atoms with E-state index in [1.54, 1.807) is 23.6 Å². The van der Waals surface area contributed by atoms with Crippen LogP contribution in [0.2, 0.25) is 0 Å². The first kappa shape index (κ1) is 13.8. The molecule has 6 nitrogen and oxygen atoms in total. The van der Waals surface area contributed by atoms with Crippen molar-refractivity contribution in [3.8, 4) is 0 Å². The van der Waals surface area contributed by atoms with Gasteiger partial charge in [0.1, 0.15) is 5.82 Å². The summed E-state index contributed by atoms with van der Waals surface area (Å²) in [6.07, 6.45) is 0.487. The van der Waals surface area contributed by atoms with Crippen LogP contribution in [0.15, 0.2) is 33.6 Å². The maximum absolute atomic E-state index is 12.5. The minimum atomic E-state index is -0.100. The Labute approximate surface area is 125 Å². The SMILES string of the molecule is Cc1nc(CCn2c(CCl)nc3ccccc3c2=O)no1. The van der Waals surface area contributed by atoms with E-state index in [0.29, 0.717) is 41.4 Å². The Morgan fingerprint density at radius 3 is 2.81 bits per heavy atom. The van der Waals surface area contributed by atoms with Gasteiger partial charge in [-0.25, -0.2) is 4.98 Å². The molecule has 2 heterocycles. The summed E-state index contributed by atoms with van der Waals surface area (Å²) in [5.41, 5.74) is 0.557. The van der Waals surface area contributed by atoms with Crippen LogP contribution in [-0.4, -0.2) is 19.7 Å². The Balaban J connectivity index is 2.00. The molecule has 7 heteroatoms. The minimum absolute atomic E-state index is 0.100. The number of alkyl halides is 1. The number of nitrogens with zero attached hydrogens (tertiary/aromatic N) is 4. The molecule has 0 saturated heterocycles. The fraction of sp³-hybridized carbons (Fsp3) is 0.286. The van der Waals surface area contributed by atoms with Gasteiger partial charge in [0.2, 0.25) is 5.89 Å². The molecule has 0 aliphatic carbocycles. The zero-order valence-corrected chi connectivity index (χ0v) is 12.2. The van der Waals surface area contributed by atoms with Crippen LogP contribution >= 0.6 is 11.6 Å². The average Bonchev–Trinajstić information content (AvgIpc) is 2.91. The highest BCUT2D eigenvalue weighted by Crippen LogP contribution is 2.10. The highest BCUT2D eigenvalue weighted by Gasteiger charge is 2.11. The van der Waals surface area contributed by atoms with Crippen molar-refractivity contribution in [2.45, 2.75) is 25.8 Å². The zero-order valence-electron chi connectivity index (χ0n) is 11.4. The molecule has 0 radical (unpaired) electrons. The fourth-order valence-corrected chi connectivity index (χ4v) is 2.41. The van der Waals surface area contributed by atoms with E-state index in [2.05, 4.69) is 15.1 Å². The lowest BCUT2D eigenvalue weighted by molar-refractivity contribution is 0.386. The lowest BCUT2D eigenvalue weighted by atomic mass is 10.2. The van der Waals surface area contributed by atoms with Crippen molar-refractivity contribution in [3.05, 3.63) is 52.2 Å². The molecule has 3 rings (SSSR count). The van der Waals surface area contributed by atoms with Crippen LogP contribution < -0.4 is 5.56 Å². The molecule has 1 aromatic carbocycles. The van der Waals surface area contributed by atoms with E-state index in [1.807, 2.05) is 12.1 Å². The number of hydrogen-bond acceptors (Lipinski definition) is 5. The van der Waals surface area contributed by atoms with E-state index in [1.165, 1.54) is 0 Å². The van der Waals surface area contributed by atoms with Gasteiger partial charge in [-0.3, -0.25) is 9.36 Å². The van der Waals surface area contributed by atoms with Crippen LogP contribution in [-0.2, 0) is 18.8 Å². The van der Waals surface area contributed by atoms with E-state index in [9.17, 15) is 4.79 Å². The molecule has 0 fully saturated rings. The number of halogens is 1. The zero-order chi connectivity index (χ0) is 14.8. The van der Waals surface area contributed by atoms with Gasteiger partial charge >= 0.3 is 0 Å². The first-order chi connectivity index (χ1) is 10.2. The molecule has 0 amide bonds. The third kappa shape index (κ3) is 2.67. The number of benzene rings is 1. The summed E-state index contributed by atoms with van der Waals surface area (Å²) in [6, 6.07) is 7.23. The highest BCUT2D eigenvalue weighted by molar-refractivity contribution is 6.16. The van der Waals surface area contributed by atoms with Gasteiger partial charge in [-0.1, -0.05) is 17.3 Å². The largest absolute Gasteiger partial charge is 0.340 e. The van der Waals surface area contributed by atoms with Crippen LogP contribution in [0.3, 0.4) is 0 Å². The first-order valence-corrected chi connectivity index (χ1v) is 7.06. The summed E-state index contributed by atoms with van der Waals surface area (Å²) in [5, 5.41) is 4.40. The third-order valence-electron chi connectivity index (χ3n) is 3.19. The Bertz CT molecular complexity index is 840. The average molecular weight is 305 g/mol. The topological polar surface area (TPSA) is 73.8 Å². The van der Waals surface area contributed by atoms with Gasteiger partial charge in [0.15, 0.2) is 5.82 Å². The monoisotopic (exact) mass is 304 g/mol. The summed E-state index contributed by atoms with van der Waals surface area (Å²) in [4.78, 5) is 21.1. The van der Waals surface area contributed by atoms with Gasteiger partial charge in [-0.2, -0.15) is 4.98 Å². The minimum Gasteiger partial charge on any atom is -0.340 e. The molecule has 0 N–H and O–H groups in total.